The molecule has 0 radical (unpaired) electrons. The number of rotatable bonds is 18. The summed E-state index contributed by atoms with van der Waals surface area (Å²) in [6.45, 7) is 14.1. The van der Waals surface area contributed by atoms with Gasteiger partial charge in [-0.05, 0) is 110 Å². The standard InChI is InChI=1S/C55H70N10O10S3/c1-34(2)49(53(69)64-31-41(66)25-45(64)52(68)57-35(3)38-11-13-39(14-12-38)50-36(4)56-33-76-50)47-27-48(60-75-47)73-24-23-61-19-15-37(16-20-61)28-62-21-22-63-40(29-62)30-65(54(70)74-32-55(17-8-18-55)77-78(5,71)72)51-44(63)26-43(58-59-51)42-9-6-7-10-46(42)67/h6-7,9-14,26-27,33-35,37,40-41,45,49,66-67H,8,15-25,28-32H2,1-5H3,(H,57,68)/t35-,40+,41+,45-,49+/m0/s1. The van der Waals surface area contributed by atoms with Gasteiger partial charge in [-0.2, -0.15) is 0 Å². The Morgan fingerprint density at radius 2 is 1.74 bits per heavy atom. The van der Waals surface area contributed by atoms with Crippen molar-refractivity contribution in [3.63, 3.8) is 0 Å². The summed E-state index contributed by atoms with van der Waals surface area (Å²) in [5, 5.41) is 37.7. The summed E-state index contributed by atoms with van der Waals surface area (Å²) >= 11 is 1.58. The molecule has 3 amide bonds. The molecule has 78 heavy (non-hydrogen) atoms. The van der Waals surface area contributed by atoms with Crippen LogP contribution in [0.4, 0.5) is 16.3 Å². The van der Waals surface area contributed by atoms with Gasteiger partial charge in [-0.3, -0.25) is 24.3 Å². The maximum Gasteiger partial charge on any atom is 0.415 e. The molecule has 10 rings (SSSR count). The van der Waals surface area contributed by atoms with E-state index in [2.05, 4.69) is 40.4 Å². The molecule has 0 spiro atoms. The van der Waals surface area contributed by atoms with Crippen molar-refractivity contribution in [2.45, 2.75) is 101 Å². The van der Waals surface area contributed by atoms with Crippen LogP contribution in [0.15, 0.2) is 70.7 Å². The van der Waals surface area contributed by atoms with Gasteiger partial charge in [0.1, 0.15) is 30.9 Å². The smallest absolute Gasteiger partial charge is 0.415 e. The molecule has 3 N–H and O–H groups in total. The molecule has 1 saturated carbocycles. The van der Waals surface area contributed by atoms with Crippen LogP contribution in [0.25, 0.3) is 21.7 Å². The molecule has 20 nitrogen and oxygen atoms in total. The highest BCUT2D eigenvalue weighted by Gasteiger charge is 2.46. The van der Waals surface area contributed by atoms with E-state index in [9.17, 15) is 33.0 Å². The number of piperidine rings is 1. The summed E-state index contributed by atoms with van der Waals surface area (Å²) in [7, 11) is -2.48. The highest BCUT2D eigenvalue weighted by atomic mass is 33.1. The fraction of sp³-hybridized carbons (Fsp3) is 0.545. The van der Waals surface area contributed by atoms with Gasteiger partial charge in [0, 0.05) is 63.6 Å². The normalized spacial score (nSPS) is 21.6. The second kappa shape index (κ2) is 23.5. The van der Waals surface area contributed by atoms with E-state index in [-0.39, 0.29) is 61.0 Å². The molecule has 5 atom stereocenters. The number of hydrogen-bond donors (Lipinski definition) is 3. The fourth-order valence-corrected chi connectivity index (χ4v) is 16.3. The first-order chi connectivity index (χ1) is 37.4. The van der Waals surface area contributed by atoms with Crippen molar-refractivity contribution in [3.8, 4) is 33.3 Å². The number of para-hydroxylation sites is 1. The number of aromatic hydroxyl groups is 1. The molecule has 2 aromatic carbocycles. The summed E-state index contributed by atoms with van der Waals surface area (Å²) in [5.41, 5.74) is 6.52. The number of β-amino-alcohol motifs (C(OH)–C–C–N with tert-alkyl or cyclic N) is 1. The van der Waals surface area contributed by atoms with Gasteiger partial charge in [0.2, 0.25) is 11.8 Å². The minimum atomic E-state index is -3.36. The number of aromatic nitrogens is 4. The Kier molecular flexibility index (Phi) is 16.7. The van der Waals surface area contributed by atoms with E-state index in [1.165, 1.54) is 16.1 Å². The SMILES string of the molecule is Cc1ncsc1-c1ccc([C@H](C)NC(=O)[C@@H]2C[C@@H](O)CN2C(=O)[C@@H](c2cc(OCCN3CCC(CN4CCN5c6cc(-c7ccccc7O)nnc6N(C(=O)OCC6(SS(C)(=O)=O)CCC6)C[C@H]5C4)CC3)no2)C(C)C)cc1. The number of piperazine rings is 1. The van der Waals surface area contributed by atoms with Crippen molar-refractivity contribution in [2.75, 3.05) is 88.2 Å². The fourth-order valence-electron chi connectivity index (χ4n) is 11.7. The molecule has 0 unspecified atom stereocenters. The molecule has 4 aliphatic heterocycles. The van der Waals surface area contributed by atoms with Crippen molar-refractivity contribution in [1.29, 1.82) is 0 Å². The number of aliphatic hydroxyl groups is 1. The molecular weight excluding hydrogens is 1060 g/mol. The predicted octanol–water partition coefficient (Wildman–Crippen LogP) is 6.70. The number of fused-ring (bicyclic) bond motifs is 3. The summed E-state index contributed by atoms with van der Waals surface area (Å²) in [6.07, 6.45) is 4.07. The molecule has 23 heteroatoms. The number of nitrogens with zero attached hydrogens (tertiary/aromatic N) is 9. The van der Waals surface area contributed by atoms with Crippen LogP contribution in [-0.2, 0) is 23.2 Å². The van der Waals surface area contributed by atoms with Crippen LogP contribution >= 0.6 is 22.1 Å². The lowest BCUT2D eigenvalue weighted by Crippen LogP contribution is -2.61. The number of aryl methyl sites for hydroxylation is 1. The van der Waals surface area contributed by atoms with Crippen molar-refractivity contribution < 1.29 is 47.0 Å². The van der Waals surface area contributed by atoms with E-state index < -0.39 is 37.8 Å². The predicted molar refractivity (Wildman–Crippen MR) is 298 cm³/mol. The van der Waals surface area contributed by atoms with Crippen LogP contribution in [0.2, 0.25) is 0 Å². The van der Waals surface area contributed by atoms with E-state index in [0.29, 0.717) is 74.4 Å². The number of benzene rings is 2. The Balaban J connectivity index is 0.705. The van der Waals surface area contributed by atoms with Gasteiger partial charge >= 0.3 is 6.09 Å². The number of nitrogens with one attached hydrogen (secondary N) is 1. The molecule has 0 bridgehead atoms. The molecular formula is C55H70N10O10S3. The second-order valence-corrected chi connectivity index (χ2v) is 27.6. The van der Waals surface area contributed by atoms with Crippen LogP contribution < -0.4 is 19.9 Å². The van der Waals surface area contributed by atoms with E-state index in [4.69, 9.17) is 14.0 Å². The Hall–Kier alpha value is -5.85. The first-order valence-corrected chi connectivity index (χ1v) is 31.1. The third kappa shape index (κ3) is 12.4. The lowest BCUT2D eigenvalue weighted by Gasteiger charge is -2.49. The van der Waals surface area contributed by atoms with E-state index in [0.717, 1.165) is 83.6 Å². The summed E-state index contributed by atoms with van der Waals surface area (Å²) < 4.78 is 41.6. The number of anilines is 2. The molecule has 5 aliphatic rings. The topological polar surface area (TPSA) is 237 Å². The van der Waals surface area contributed by atoms with Gasteiger partial charge in [-0.1, -0.05) is 56.7 Å². The molecule has 1 aliphatic carbocycles. The number of carbonyl (C=O) groups excluding carboxylic acids is 3. The highest BCUT2D eigenvalue weighted by Crippen LogP contribution is 2.47. The average molecular weight is 1130 g/mol. The summed E-state index contributed by atoms with van der Waals surface area (Å²) in [6, 6.07) is 17.3. The zero-order chi connectivity index (χ0) is 54.9. The number of phenolic OH excluding ortho intramolecular Hbond substituents is 1. The number of ether oxygens (including phenoxy) is 2. The third-order valence-corrected chi connectivity index (χ3v) is 20.1. The van der Waals surface area contributed by atoms with E-state index in [1.54, 1.807) is 35.6 Å². The Morgan fingerprint density at radius 3 is 2.44 bits per heavy atom. The Bertz CT molecular complexity index is 3050. The van der Waals surface area contributed by atoms with Gasteiger partial charge in [0.05, 0.1) is 56.9 Å². The first kappa shape index (κ1) is 55.5. The maximum absolute atomic E-state index is 14.3. The minimum absolute atomic E-state index is 0.0185. The van der Waals surface area contributed by atoms with Gasteiger partial charge in [-0.25, -0.2) is 18.2 Å². The molecule has 418 valence electrons. The molecule has 3 saturated heterocycles. The number of likely N-dealkylation sites (tertiary alicyclic amines) is 2. The Morgan fingerprint density at radius 1 is 0.974 bits per heavy atom. The molecule has 7 heterocycles. The van der Waals surface area contributed by atoms with Crippen molar-refractivity contribution >= 4 is 60.4 Å². The monoisotopic (exact) mass is 1130 g/mol. The summed E-state index contributed by atoms with van der Waals surface area (Å²) in [4.78, 5) is 57.7. The number of thiazole rings is 1. The van der Waals surface area contributed by atoms with E-state index in [1.807, 2.05) is 69.6 Å². The van der Waals surface area contributed by atoms with Crippen molar-refractivity contribution in [1.82, 2.24) is 40.4 Å². The van der Waals surface area contributed by atoms with E-state index >= 15 is 0 Å². The number of amides is 3. The maximum atomic E-state index is 14.3. The lowest BCUT2D eigenvalue weighted by molar-refractivity contribution is -0.141. The molecule has 5 aromatic rings. The van der Waals surface area contributed by atoms with Gasteiger partial charge in [0.25, 0.3) is 5.88 Å². The zero-order valence-corrected chi connectivity index (χ0v) is 47.3. The number of aliphatic hydroxyl groups excluding tert-OH is 1. The number of hydrogen-bond acceptors (Lipinski definition) is 19. The van der Waals surface area contributed by atoms with Gasteiger partial charge in [-0.15, -0.1) is 21.5 Å². The zero-order valence-electron chi connectivity index (χ0n) is 44.8. The molecule has 3 aromatic heterocycles. The van der Waals surface area contributed by atoms with Crippen molar-refractivity contribution in [3.05, 3.63) is 83.2 Å². The number of phenols is 1. The van der Waals surface area contributed by atoms with Crippen LogP contribution in [-0.4, -0.2) is 173 Å². The molecule has 4 fully saturated rings. The minimum Gasteiger partial charge on any atom is -0.507 e. The second-order valence-electron chi connectivity index (χ2n) is 22.0. The first-order valence-electron chi connectivity index (χ1n) is 27.0. The van der Waals surface area contributed by atoms with Crippen LogP contribution in [0, 0.1) is 18.8 Å². The lowest BCUT2D eigenvalue weighted by atomic mass is 9.85. The van der Waals surface area contributed by atoms with Crippen LogP contribution in [0.3, 0.4) is 0 Å². The van der Waals surface area contributed by atoms with Gasteiger partial charge in [0.15, 0.2) is 20.4 Å². The van der Waals surface area contributed by atoms with Crippen LogP contribution in [0.1, 0.15) is 88.3 Å². The average Bonchev–Trinajstić information content (AvgIpc) is 4.25. The van der Waals surface area contributed by atoms with Crippen LogP contribution in [0.5, 0.6) is 11.6 Å². The van der Waals surface area contributed by atoms with Gasteiger partial charge < -0.3 is 39.3 Å². The third-order valence-electron chi connectivity index (χ3n) is 16.0. The number of carbonyl (C=O) groups is 3. The van der Waals surface area contributed by atoms with Crippen molar-refractivity contribution in [2.24, 2.45) is 11.8 Å². The quantitative estimate of drug-likeness (QED) is 0.0774. The highest BCUT2D eigenvalue weighted by molar-refractivity contribution is 8.72. The Labute approximate surface area is 463 Å². The largest absolute Gasteiger partial charge is 0.507 e. The summed E-state index contributed by atoms with van der Waals surface area (Å²) in [5.74, 6) is -0.0368.